The van der Waals surface area contributed by atoms with Crippen molar-refractivity contribution >= 4 is 5.78 Å². The molecule has 2 aliphatic rings. The standard InChI is InChI=1S/C23H30N4O4/c1-23(2)10-15-19(16(28)11-23)18(14(12-24)22(25)27(15)26(3)4)13-8-9-17(29-5)21(31-7)20(13)30-6/h8-9,18H,10-11,25H2,1-7H3/t18-/m0/s1. The summed E-state index contributed by atoms with van der Waals surface area (Å²) in [5.41, 5.74) is 8.62. The first-order valence-corrected chi connectivity index (χ1v) is 10.0. The van der Waals surface area contributed by atoms with Gasteiger partial charge in [0.05, 0.1) is 38.9 Å². The zero-order chi connectivity index (χ0) is 23.1. The number of nitrogens with two attached hydrogens (primary N) is 1. The number of Topliss-reactive ketones (excluding diaryl/α,β-unsaturated/α-hetero) is 1. The third-order valence-corrected chi connectivity index (χ3v) is 5.80. The lowest BCUT2D eigenvalue weighted by Gasteiger charge is -2.45. The maximum atomic E-state index is 13.5. The molecule has 1 heterocycles. The van der Waals surface area contributed by atoms with Gasteiger partial charge in [-0.15, -0.1) is 0 Å². The van der Waals surface area contributed by atoms with Crippen LogP contribution in [0.5, 0.6) is 17.2 Å². The molecule has 1 aliphatic heterocycles. The highest BCUT2D eigenvalue weighted by Crippen LogP contribution is 2.53. The fourth-order valence-corrected chi connectivity index (χ4v) is 4.61. The molecule has 31 heavy (non-hydrogen) atoms. The van der Waals surface area contributed by atoms with E-state index in [4.69, 9.17) is 19.9 Å². The molecule has 1 aromatic rings. The number of rotatable bonds is 5. The van der Waals surface area contributed by atoms with Crippen LogP contribution in [0.15, 0.2) is 34.8 Å². The fourth-order valence-electron chi connectivity index (χ4n) is 4.61. The van der Waals surface area contributed by atoms with E-state index < -0.39 is 5.92 Å². The van der Waals surface area contributed by atoms with Crippen molar-refractivity contribution in [3.8, 4) is 23.3 Å². The molecule has 0 unspecified atom stereocenters. The summed E-state index contributed by atoms with van der Waals surface area (Å²) in [5.74, 6) is 0.956. The molecule has 0 saturated carbocycles. The van der Waals surface area contributed by atoms with E-state index >= 15 is 0 Å². The van der Waals surface area contributed by atoms with Gasteiger partial charge in [0.2, 0.25) is 5.75 Å². The lowest BCUT2D eigenvalue weighted by Crippen LogP contribution is -2.47. The number of hydrogen-bond acceptors (Lipinski definition) is 8. The van der Waals surface area contributed by atoms with E-state index in [1.807, 2.05) is 14.1 Å². The van der Waals surface area contributed by atoms with Crippen molar-refractivity contribution in [1.29, 1.82) is 5.26 Å². The molecule has 1 aliphatic carbocycles. The van der Waals surface area contributed by atoms with E-state index in [0.29, 0.717) is 52.6 Å². The number of nitriles is 1. The van der Waals surface area contributed by atoms with Gasteiger partial charge in [0.1, 0.15) is 5.82 Å². The zero-order valence-electron chi connectivity index (χ0n) is 19.2. The minimum Gasteiger partial charge on any atom is -0.493 e. The van der Waals surface area contributed by atoms with E-state index in [2.05, 4.69) is 19.9 Å². The molecule has 1 aromatic carbocycles. The van der Waals surface area contributed by atoms with Gasteiger partial charge in [0.25, 0.3) is 0 Å². The monoisotopic (exact) mass is 426 g/mol. The quantitative estimate of drug-likeness (QED) is 0.767. The molecule has 0 spiro atoms. The van der Waals surface area contributed by atoms with Crippen molar-refractivity contribution in [1.82, 2.24) is 10.0 Å². The molecule has 0 bridgehead atoms. The Bertz CT molecular complexity index is 1020. The van der Waals surface area contributed by atoms with Crippen LogP contribution in [-0.2, 0) is 4.79 Å². The summed E-state index contributed by atoms with van der Waals surface area (Å²) in [7, 11) is 8.27. The molecular weight excluding hydrogens is 396 g/mol. The summed E-state index contributed by atoms with van der Waals surface area (Å²) in [6.45, 7) is 4.13. The molecule has 3 rings (SSSR count). The first-order valence-electron chi connectivity index (χ1n) is 10.0. The number of carbonyl (C=O) groups is 1. The Balaban J connectivity index is 2.37. The van der Waals surface area contributed by atoms with Crippen LogP contribution in [-0.4, -0.2) is 51.2 Å². The summed E-state index contributed by atoms with van der Waals surface area (Å²) in [5, 5.41) is 13.7. The largest absolute Gasteiger partial charge is 0.493 e. The topological polar surface area (TPSA) is 101 Å². The van der Waals surface area contributed by atoms with Crippen LogP contribution >= 0.6 is 0 Å². The van der Waals surface area contributed by atoms with Gasteiger partial charge in [0.15, 0.2) is 17.3 Å². The number of ketones is 1. The molecule has 8 heteroatoms. The smallest absolute Gasteiger partial charge is 0.203 e. The maximum Gasteiger partial charge on any atom is 0.203 e. The normalized spacial score (nSPS) is 20.5. The number of hydrazine groups is 1. The summed E-state index contributed by atoms with van der Waals surface area (Å²) in [6.07, 6.45) is 1.04. The molecule has 0 amide bonds. The third-order valence-electron chi connectivity index (χ3n) is 5.80. The van der Waals surface area contributed by atoms with Crippen molar-refractivity contribution in [3.63, 3.8) is 0 Å². The highest BCUT2D eigenvalue weighted by molar-refractivity contribution is 6.00. The van der Waals surface area contributed by atoms with Crippen molar-refractivity contribution < 1.29 is 19.0 Å². The predicted molar refractivity (Wildman–Crippen MR) is 116 cm³/mol. The summed E-state index contributed by atoms with van der Waals surface area (Å²) < 4.78 is 16.6. The SMILES string of the molecule is COc1ccc([C@H]2C(C#N)=C(N)N(N(C)C)C3=C2C(=O)CC(C)(C)C3)c(OC)c1OC. The highest BCUT2D eigenvalue weighted by Gasteiger charge is 2.46. The Morgan fingerprint density at radius 3 is 2.29 bits per heavy atom. The summed E-state index contributed by atoms with van der Waals surface area (Å²) in [4.78, 5) is 13.5. The van der Waals surface area contributed by atoms with E-state index in [1.165, 1.54) is 14.2 Å². The molecule has 8 nitrogen and oxygen atoms in total. The average Bonchev–Trinajstić information content (AvgIpc) is 2.70. The van der Waals surface area contributed by atoms with Gasteiger partial charge in [-0.05, 0) is 17.9 Å². The van der Waals surface area contributed by atoms with Gasteiger partial charge in [-0.1, -0.05) is 19.9 Å². The van der Waals surface area contributed by atoms with Gasteiger partial charge >= 0.3 is 0 Å². The molecule has 0 fully saturated rings. The lowest BCUT2D eigenvalue weighted by atomic mass is 9.69. The Morgan fingerprint density at radius 1 is 1.13 bits per heavy atom. The molecule has 0 saturated heterocycles. The fraction of sp³-hybridized carbons (Fsp3) is 0.478. The van der Waals surface area contributed by atoms with Crippen LogP contribution < -0.4 is 19.9 Å². The molecular formula is C23H30N4O4. The number of benzene rings is 1. The molecule has 166 valence electrons. The van der Waals surface area contributed by atoms with Crippen LogP contribution in [0.2, 0.25) is 0 Å². The van der Waals surface area contributed by atoms with Crippen LogP contribution in [0.4, 0.5) is 0 Å². The number of nitrogens with zero attached hydrogens (tertiary/aromatic N) is 3. The Kier molecular flexibility index (Phi) is 5.92. The number of allylic oxidation sites excluding steroid dienone is 3. The first kappa shape index (κ1) is 22.5. The number of methoxy groups -OCH3 is 3. The minimum atomic E-state index is -0.658. The molecule has 1 atom stereocenters. The van der Waals surface area contributed by atoms with Gasteiger partial charge in [-0.25, -0.2) is 5.01 Å². The minimum absolute atomic E-state index is 0.000174. The second-order valence-electron chi connectivity index (χ2n) is 8.73. The van der Waals surface area contributed by atoms with E-state index in [1.54, 1.807) is 29.3 Å². The van der Waals surface area contributed by atoms with Crippen molar-refractivity contribution in [2.45, 2.75) is 32.6 Å². The van der Waals surface area contributed by atoms with Crippen LogP contribution in [0.3, 0.4) is 0 Å². The number of hydrogen-bond donors (Lipinski definition) is 1. The van der Waals surface area contributed by atoms with Crippen LogP contribution in [0, 0.1) is 16.7 Å². The highest BCUT2D eigenvalue weighted by atomic mass is 16.5. The van der Waals surface area contributed by atoms with Gasteiger partial charge in [0, 0.05) is 37.3 Å². The van der Waals surface area contributed by atoms with Gasteiger partial charge in [-0.3, -0.25) is 9.80 Å². The Morgan fingerprint density at radius 2 is 1.77 bits per heavy atom. The molecule has 0 aromatic heterocycles. The van der Waals surface area contributed by atoms with E-state index in [-0.39, 0.29) is 11.2 Å². The van der Waals surface area contributed by atoms with Crippen molar-refractivity contribution in [3.05, 3.63) is 40.4 Å². The third kappa shape index (κ3) is 3.59. The number of carbonyl (C=O) groups excluding carboxylic acids is 1. The van der Waals surface area contributed by atoms with Crippen molar-refractivity contribution in [2.24, 2.45) is 11.1 Å². The molecule has 0 radical (unpaired) electrons. The van der Waals surface area contributed by atoms with Crippen LogP contribution in [0.1, 0.15) is 38.2 Å². The van der Waals surface area contributed by atoms with Gasteiger partial charge in [-0.2, -0.15) is 5.26 Å². The van der Waals surface area contributed by atoms with Crippen LogP contribution in [0.25, 0.3) is 0 Å². The van der Waals surface area contributed by atoms with Crippen molar-refractivity contribution in [2.75, 3.05) is 35.4 Å². The van der Waals surface area contributed by atoms with E-state index in [9.17, 15) is 10.1 Å². The predicted octanol–water partition coefficient (Wildman–Crippen LogP) is 2.93. The zero-order valence-corrected chi connectivity index (χ0v) is 19.2. The Labute approximate surface area is 183 Å². The maximum absolute atomic E-state index is 13.5. The van der Waals surface area contributed by atoms with E-state index in [0.717, 1.165) is 5.70 Å². The summed E-state index contributed by atoms with van der Waals surface area (Å²) in [6, 6.07) is 5.80. The van der Waals surface area contributed by atoms with Gasteiger partial charge < -0.3 is 19.9 Å². The lowest BCUT2D eigenvalue weighted by molar-refractivity contribution is -0.119. The second-order valence-corrected chi connectivity index (χ2v) is 8.73. The second kappa shape index (κ2) is 8.16. The molecule has 2 N–H and O–H groups in total. The Hall–Kier alpha value is -3.18. The summed E-state index contributed by atoms with van der Waals surface area (Å²) >= 11 is 0. The average molecular weight is 427 g/mol. The first-order chi connectivity index (χ1) is 14.6. The number of ether oxygens (including phenoxy) is 3.